The first-order valence-corrected chi connectivity index (χ1v) is 7.66. The van der Waals surface area contributed by atoms with Crippen molar-refractivity contribution in [1.82, 2.24) is 10.3 Å². The van der Waals surface area contributed by atoms with Gasteiger partial charge in [-0.25, -0.2) is 0 Å². The minimum atomic E-state index is 0. The molecule has 0 aliphatic rings. The number of ether oxygens (including phenoxy) is 1. The molecule has 0 saturated carbocycles. The molecule has 3 rings (SSSR count). The third kappa shape index (κ3) is 4.51. The van der Waals surface area contributed by atoms with Gasteiger partial charge in [0.1, 0.15) is 17.3 Å². The van der Waals surface area contributed by atoms with Crippen LogP contribution in [0.5, 0.6) is 5.75 Å². The highest BCUT2D eigenvalue weighted by molar-refractivity contribution is 6.32. The molecule has 126 valence electrons. The summed E-state index contributed by atoms with van der Waals surface area (Å²) in [4.78, 5) is 4.09. The van der Waals surface area contributed by atoms with Gasteiger partial charge in [0.2, 0.25) is 0 Å². The first-order valence-electron chi connectivity index (χ1n) is 7.28. The van der Waals surface area contributed by atoms with Gasteiger partial charge in [-0.1, -0.05) is 17.7 Å². The molecule has 0 radical (unpaired) electrons. The number of hydrogen-bond donors (Lipinski definition) is 1. The van der Waals surface area contributed by atoms with Gasteiger partial charge in [-0.05, 0) is 42.0 Å². The Morgan fingerprint density at radius 1 is 1.17 bits per heavy atom. The number of halogens is 2. The van der Waals surface area contributed by atoms with Gasteiger partial charge in [-0.3, -0.25) is 4.98 Å². The number of methoxy groups -OCH3 is 1. The smallest absolute Gasteiger partial charge is 0.137 e. The molecular weight excluding hydrogens is 347 g/mol. The van der Waals surface area contributed by atoms with Gasteiger partial charge in [0.15, 0.2) is 0 Å². The second kappa shape index (κ2) is 8.73. The van der Waals surface area contributed by atoms with E-state index in [0.717, 1.165) is 29.2 Å². The minimum absolute atomic E-state index is 0. The Morgan fingerprint density at radius 2 is 2.04 bits per heavy atom. The number of hydrogen-bond acceptors (Lipinski definition) is 4. The average Bonchev–Trinajstić information content (AvgIpc) is 3.05. The quantitative estimate of drug-likeness (QED) is 0.687. The largest absolute Gasteiger partial charge is 0.495 e. The second-order valence-corrected chi connectivity index (χ2v) is 5.49. The van der Waals surface area contributed by atoms with Crippen molar-refractivity contribution in [3.05, 3.63) is 71.2 Å². The SMILES string of the molecule is COc1ccc(-c2ccc(CNCc3cccnc3)o2)cc1Cl.Cl. The van der Waals surface area contributed by atoms with Gasteiger partial charge in [-0.15, -0.1) is 12.4 Å². The fraction of sp³-hybridized carbons (Fsp3) is 0.167. The Balaban J connectivity index is 0.00000208. The molecule has 0 bridgehead atoms. The van der Waals surface area contributed by atoms with Gasteiger partial charge in [0.25, 0.3) is 0 Å². The van der Waals surface area contributed by atoms with E-state index in [4.69, 9.17) is 20.8 Å². The number of nitrogens with one attached hydrogen (secondary N) is 1. The normalized spacial score (nSPS) is 10.2. The predicted octanol–water partition coefficient (Wildman–Crippen LogP) is 4.72. The van der Waals surface area contributed by atoms with Crippen LogP contribution in [0.1, 0.15) is 11.3 Å². The van der Waals surface area contributed by atoms with Crippen molar-refractivity contribution in [3.63, 3.8) is 0 Å². The molecule has 3 aromatic rings. The molecular formula is C18H18Cl2N2O2. The summed E-state index contributed by atoms with van der Waals surface area (Å²) in [7, 11) is 1.60. The third-order valence-electron chi connectivity index (χ3n) is 3.45. The third-order valence-corrected chi connectivity index (χ3v) is 3.74. The Hall–Kier alpha value is -2.01. The molecule has 2 heterocycles. The fourth-order valence-electron chi connectivity index (χ4n) is 2.28. The number of furan rings is 1. The van der Waals surface area contributed by atoms with Crippen LogP contribution in [-0.4, -0.2) is 12.1 Å². The number of pyridine rings is 1. The predicted molar refractivity (Wildman–Crippen MR) is 97.7 cm³/mol. The standard InChI is InChI=1S/C18H17ClN2O2.ClH/c1-22-18-6-4-14(9-16(18)19)17-7-5-15(23-17)12-21-11-13-3-2-8-20-10-13;/h2-10,21H,11-12H2,1H3;1H. The van der Waals surface area contributed by atoms with Gasteiger partial charge in [-0.2, -0.15) is 0 Å². The number of benzene rings is 1. The lowest BCUT2D eigenvalue weighted by molar-refractivity contribution is 0.415. The van der Waals surface area contributed by atoms with Crippen LogP contribution in [0.3, 0.4) is 0 Å². The van der Waals surface area contributed by atoms with Crippen molar-refractivity contribution in [3.8, 4) is 17.1 Å². The van der Waals surface area contributed by atoms with Crippen molar-refractivity contribution < 1.29 is 9.15 Å². The lowest BCUT2D eigenvalue weighted by Gasteiger charge is -2.04. The summed E-state index contributed by atoms with van der Waals surface area (Å²) in [6, 6.07) is 13.5. The highest BCUT2D eigenvalue weighted by atomic mass is 35.5. The molecule has 0 unspecified atom stereocenters. The summed E-state index contributed by atoms with van der Waals surface area (Å²) in [5.74, 6) is 2.31. The lowest BCUT2D eigenvalue weighted by Crippen LogP contribution is -2.12. The molecule has 1 N–H and O–H groups in total. The highest BCUT2D eigenvalue weighted by Crippen LogP contribution is 2.31. The molecule has 2 aromatic heterocycles. The van der Waals surface area contributed by atoms with Crippen molar-refractivity contribution in [1.29, 1.82) is 0 Å². The van der Waals surface area contributed by atoms with E-state index in [0.29, 0.717) is 17.3 Å². The van der Waals surface area contributed by atoms with Crippen LogP contribution in [-0.2, 0) is 13.1 Å². The van der Waals surface area contributed by atoms with Crippen LogP contribution in [0.25, 0.3) is 11.3 Å². The summed E-state index contributed by atoms with van der Waals surface area (Å²) in [5, 5.41) is 3.90. The van der Waals surface area contributed by atoms with Crippen molar-refractivity contribution in [2.24, 2.45) is 0 Å². The average molecular weight is 365 g/mol. The van der Waals surface area contributed by atoms with Crippen LogP contribution in [0.4, 0.5) is 0 Å². The van der Waals surface area contributed by atoms with Crippen molar-refractivity contribution >= 4 is 24.0 Å². The molecule has 0 spiro atoms. The van der Waals surface area contributed by atoms with Crippen LogP contribution in [0.2, 0.25) is 5.02 Å². The first-order chi connectivity index (χ1) is 11.3. The summed E-state index contributed by atoms with van der Waals surface area (Å²) in [6.07, 6.45) is 3.61. The van der Waals surface area contributed by atoms with E-state index in [2.05, 4.69) is 10.3 Å². The van der Waals surface area contributed by atoms with E-state index in [1.807, 2.05) is 48.7 Å². The van der Waals surface area contributed by atoms with E-state index in [1.165, 1.54) is 0 Å². The second-order valence-electron chi connectivity index (χ2n) is 5.08. The van der Waals surface area contributed by atoms with E-state index in [-0.39, 0.29) is 12.4 Å². The molecule has 0 fully saturated rings. The highest BCUT2D eigenvalue weighted by Gasteiger charge is 2.08. The molecule has 0 atom stereocenters. The Labute approximate surface area is 152 Å². The molecule has 0 saturated heterocycles. The fourth-order valence-corrected chi connectivity index (χ4v) is 2.54. The van der Waals surface area contributed by atoms with Gasteiger partial charge >= 0.3 is 0 Å². The Bertz CT molecular complexity index is 776. The summed E-state index contributed by atoms with van der Waals surface area (Å²) < 4.78 is 11.0. The number of aromatic nitrogens is 1. The van der Waals surface area contributed by atoms with E-state index in [1.54, 1.807) is 13.3 Å². The first kappa shape index (κ1) is 18.3. The molecule has 4 nitrogen and oxygen atoms in total. The maximum Gasteiger partial charge on any atom is 0.137 e. The van der Waals surface area contributed by atoms with Crippen LogP contribution >= 0.6 is 24.0 Å². The monoisotopic (exact) mass is 364 g/mol. The zero-order valence-corrected chi connectivity index (χ0v) is 14.7. The lowest BCUT2D eigenvalue weighted by atomic mass is 10.2. The zero-order valence-electron chi connectivity index (χ0n) is 13.2. The van der Waals surface area contributed by atoms with Crippen LogP contribution in [0.15, 0.2) is 59.3 Å². The van der Waals surface area contributed by atoms with Crippen LogP contribution < -0.4 is 10.1 Å². The Kier molecular flexibility index (Phi) is 6.67. The van der Waals surface area contributed by atoms with E-state index in [9.17, 15) is 0 Å². The van der Waals surface area contributed by atoms with Gasteiger partial charge in [0, 0.05) is 24.5 Å². The topological polar surface area (TPSA) is 47.3 Å². The zero-order chi connectivity index (χ0) is 16.1. The molecule has 1 aromatic carbocycles. The maximum atomic E-state index is 6.15. The van der Waals surface area contributed by atoms with Crippen molar-refractivity contribution in [2.45, 2.75) is 13.1 Å². The molecule has 6 heteroatoms. The molecule has 0 aliphatic carbocycles. The maximum absolute atomic E-state index is 6.15. The molecule has 0 aliphatic heterocycles. The van der Waals surface area contributed by atoms with E-state index < -0.39 is 0 Å². The number of nitrogens with zero attached hydrogens (tertiary/aromatic N) is 1. The summed E-state index contributed by atoms with van der Waals surface area (Å²) in [5.41, 5.74) is 2.07. The van der Waals surface area contributed by atoms with Gasteiger partial charge in [0.05, 0.1) is 18.7 Å². The summed E-state index contributed by atoms with van der Waals surface area (Å²) >= 11 is 6.15. The van der Waals surface area contributed by atoms with Gasteiger partial charge < -0.3 is 14.5 Å². The molecule has 0 amide bonds. The summed E-state index contributed by atoms with van der Waals surface area (Å²) in [6.45, 7) is 1.40. The van der Waals surface area contributed by atoms with E-state index >= 15 is 0 Å². The number of rotatable bonds is 6. The minimum Gasteiger partial charge on any atom is -0.495 e. The Morgan fingerprint density at radius 3 is 2.75 bits per heavy atom. The molecule has 24 heavy (non-hydrogen) atoms. The van der Waals surface area contributed by atoms with Crippen LogP contribution in [0, 0.1) is 0 Å². The van der Waals surface area contributed by atoms with Crippen molar-refractivity contribution in [2.75, 3.05) is 7.11 Å².